The van der Waals surface area contributed by atoms with Crippen molar-refractivity contribution in [3.8, 4) is 11.5 Å². The van der Waals surface area contributed by atoms with E-state index in [4.69, 9.17) is 20.2 Å². The molecule has 0 aliphatic carbocycles. The molecule has 7 heteroatoms. The number of hydrogen-bond donors (Lipinski definition) is 0. The van der Waals surface area contributed by atoms with Crippen molar-refractivity contribution in [1.82, 2.24) is 0 Å². The maximum absolute atomic E-state index is 11.1. The molecule has 0 fully saturated rings. The van der Waals surface area contributed by atoms with Crippen molar-refractivity contribution in [2.45, 2.75) is 11.5 Å². The van der Waals surface area contributed by atoms with Gasteiger partial charge in [0.05, 0.1) is 16.5 Å². The summed E-state index contributed by atoms with van der Waals surface area (Å²) in [5.41, 5.74) is 0.955. The Labute approximate surface area is 136 Å². The lowest BCUT2D eigenvalue weighted by molar-refractivity contribution is 0.305. The summed E-state index contributed by atoms with van der Waals surface area (Å²) in [6, 6.07) is 11.6. The van der Waals surface area contributed by atoms with Gasteiger partial charge in [-0.05, 0) is 57.9 Å². The van der Waals surface area contributed by atoms with Crippen LogP contribution in [0.1, 0.15) is 5.56 Å². The van der Waals surface area contributed by atoms with Crippen LogP contribution in [0.2, 0.25) is 0 Å². The summed E-state index contributed by atoms with van der Waals surface area (Å²) >= 11 is 3.40. The van der Waals surface area contributed by atoms with E-state index in [-0.39, 0.29) is 4.90 Å². The van der Waals surface area contributed by atoms with Crippen LogP contribution < -0.4 is 9.47 Å². The predicted molar refractivity (Wildman–Crippen MR) is 84.5 cm³/mol. The first-order valence-corrected chi connectivity index (χ1v) is 9.00. The molecule has 0 unspecified atom stereocenters. The monoisotopic (exact) mass is 390 g/mol. The maximum atomic E-state index is 11.1. The van der Waals surface area contributed by atoms with E-state index in [0.717, 1.165) is 15.8 Å². The van der Waals surface area contributed by atoms with Crippen LogP contribution in [0.4, 0.5) is 0 Å². The molecule has 0 aliphatic rings. The Balaban J connectivity index is 2.05. The Morgan fingerprint density at radius 2 is 1.81 bits per heavy atom. The minimum Gasteiger partial charge on any atom is -0.496 e. The van der Waals surface area contributed by atoms with Crippen molar-refractivity contribution in [3.63, 3.8) is 0 Å². The summed E-state index contributed by atoms with van der Waals surface area (Å²) in [5, 5.41) is 0. The smallest absolute Gasteiger partial charge is 0.261 e. The second-order valence-corrected chi connectivity index (χ2v) is 7.59. The summed E-state index contributed by atoms with van der Waals surface area (Å²) in [7, 11) is 3.14. The molecule has 0 aliphatic heterocycles. The molecule has 0 aromatic heterocycles. The van der Waals surface area contributed by atoms with Gasteiger partial charge < -0.3 is 9.47 Å². The van der Waals surface area contributed by atoms with Crippen LogP contribution in [0, 0.1) is 0 Å². The van der Waals surface area contributed by atoms with Crippen molar-refractivity contribution in [2.75, 3.05) is 7.11 Å². The Morgan fingerprint density at radius 3 is 2.33 bits per heavy atom. The second kappa shape index (κ2) is 6.68. The largest absolute Gasteiger partial charge is 0.496 e. The normalized spacial score (nSPS) is 11.2. The predicted octanol–water partition coefficient (Wildman–Crippen LogP) is 3.96. The first-order valence-electron chi connectivity index (χ1n) is 5.90. The number of halogens is 2. The molecular formula is C14H12BrClO4S. The molecule has 112 valence electrons. The minimum absolute atomic E-state index is 0.0451. The number of methoxy groups -OCH3 is 1. The van der Waals surface area contributed by atoms with E-state index in [0.29, 0.717) is 12.4 Å². The van der Waals surface area contributed by atoms with Gasteiger partial charge in [-0.15, -0.1) is 0 Å². The molecule has 0 N–H and O–H groups in total. The van der Waals surface area contributed by atoms with Gasteiger partial charge in [0.15, 0.2) is 0 Å². The highest BCUT2D eigenvalue weighted by atomic mass is 79.9. The van der Waals surface area contributed by atoms with Crippen LogP contribution in [0.3, 0.4) is 0 Å². The average Bonchev–Trinajstić information content (AvgIpc) is 2.45. The Kier molecular flexibility index (Phi) is 5.13. The first kappa shape index (κ1) is 16.1. The van der Waals surface area contributed by atoms with Gasteiger partial charge in [-0.2, -0.15) is 0 Å². The van der Waals surface area contributed by atoms with Gasteiger partial charge in [0, 0.05) is 10.7 Å². The zero-order chi connectivity index (χ0) is 15.5. The highest BCUT2D eigenvalue weighted by molar-refractivity contribution is 9.10. The van der Waals surface area contributed by atoms with Crippen LogP contribution in [-0.2, 0) is 15.7 Å². The molecular weight excluding hydrogens is 380 g/mol. The van der Waals surface area contributed by atoms with Gasteiger partial charge in [0.2, 0.25) is 0 Å². The van der Waals surface area contributed by atoms with Gasteiger partial charge in [-0.3, -0.25) is 0 Å². The molecule has 2 aromatic carbocycles. The third kappa shape index (κ3) is 4.36. The molecule has 0 spiro atoms. The number of benzene rings is 2. The SMILES string of the molecule is COc1ccc(COc2ccc(S(=O)(=O)Cl)cc2)cc1Br. The van der Waals surface area contributed by atoms with E-state index in [1.807, 2.05) is 18.2 Å². The van der Waals surface area contributed by atoms with Crippen molar-refractivity contribution in [2.24, 2.45) is 0 Å². The average molecular weight is 392 g/mol. The summed E-state index contributed by atoms with van der Waals surface area (Å²) in [6.45, 7) is 0.357. The van der Waals surface area contributed by atoms with E-state index >= 15 is 0 Å². The minimum atomic E-state index is -3.70. The Morgan fingerprint density at radius 1 is 1.14 bits per heavy atom. The summed E-state index contributed by atoms with van der Waals surface area (Å²) < 4.78 is 33.8. The first-order chi connectivity index (χ1) is 9.90. The van der Waals surface area contributed by atoms with Crippen molar-refractivity contribution >= 4 is 35.7 Å². The molecule has 0 radical (unpaired) electrons. The zero-order valence-corrected chi connectivity index (χ0v) is 14.2. The standard InChI is InChI=1S/C14H12BrClO4S/c1-19-14-7-2-10(8-13(14)15)9-20-11-3-5-12(6-4-11)21(16,17)18/h2-8H,9H2,1H3. The highest BCUT2D eigenvalue weighted by Crippen LogP contribution is 2.26. The van der Waals surface area contributed by atoms with Gasteiger partial charge in [0.25, 0.3) is 9.05 Å². The lowest BCUT2D eigenvalue weighted by Crippen LogP contribution is -1.97. The molecule has 4 nitrogen and oxygen atoms in total. The van der Waals surface area contributed by atoms with Crippen LogP contribution in [0.15, 0.2) is 51.8 Å². The molecule has 0 amide bonds. The second-order valence-electron chi connectivity index (χ2n) is 4.17. The zero-order valence-electron chi connectivity index (χ0n) is 11.0. The van der Waals surface area contributed by atoms with E-state index in [9.17, 15) is 8.42 Å². The highest BCUT2D eigenvalue weighted by Gasteiger charge is 2.09. The van der Waals surface area contributed by atoms with Gasteiger partial charge in [-0.1, -0.05) is 6.07 Å². The Hall–Kier alpha value is -1.24. The van der Waals surface area contributed by atoms with Crippen LogP contribution in [0.5, 0.6) is 11.5 Å². The molecule has 2 rings (SSSR count). The summed E-state index contributed by atoms with van der Waals surface area (Å²) in [6.07, 6.45) is 0. The maximum Gasteiger partial charge on any atom is 0.261 e. The molecule has 21 heavy (non-hydrogen) atoms. The van der Waals surface area contributed by atoms with Crippen molar-refractivity contribution in [3.05, 3.63) is 52.5 Å². The van der Waals surface area contributed by atoms with E-state index in [1.165, 1.54) is 12.1 Å². The fourth-order valence-electron chi connectivity index (χ4n) is 1.66. The summed E-state index contributed by atoms with van der Waals surface area (Å²) in [4.78, 5) is 0.0451. The van der Waals surface area contributed by atoms with Gasteiger partial charge in [-0.25, -0.2) is 8.42 Å². The topological polar surface area (TPSA) is 52.6 Å². The van der Waals surface area contributed by atoms with E-state index in [2.05, 4.69) is 15.9 Å². The van der Waals surface area contributed by atoms with E-state index < -0.39 is 9.05 Å². The van der Waals surface area contributed by atoms with Crippen molar-refractivity contribution < 1.29 is 17.9 Å². The number of rotatable bonds is 5. The van der Waals surface area contributed by atoms with Crippen molar-refractivity contribution in [1.29, 1.82) is 0 Å². The van der Waals surface area contributed by atoms with Gasteiger partial charge in [0.1, 0.15) is 18.1 Å². The van der Waals surface area contributed by atoms with Crippen LogP contribution in [0.25, 0.3) is 0 Å². The molecule has 0 saturated carbocycles. The lowest BCUT2D eigenvalue weighted by atomic mass is 10.2. The fourth-order valence-corrected chi connectivity index (χ4v) is 3.02. The molecule has 2 aromatic rings. The summed E-state index contributed by atoms with van der Waals surface area (Å²) in [5.74, 6) is 1.31. The van der Waals surface area contributed by atoms with E-state index in [1.54, 1.807) is 19.2 Å². The van der Waals surface area contributed by atoms with Gasteiger partial charge >= 0.3 is 0 Å². The Bertz CT molecular complexity index is 729. The lowest BCUT2D eigenvalue weighted by Gasteiger charge is -2.09. The number of ether oxygens (including phenoxy) is 2. The van der Waals surface area contributed by atoms with Crippen LogP contribution in [-0.4, -0.2) is 15.5 Å². The fraction of sp³-hybridized carbons (Fsp3) is 0.143. The third-order valence-corrected chi connectivity index (χ3v) is 4.72. The van der Waals surface area contributed by atoms with Crippen LogP contribution >= 0.6 is 26.6 Å². The molecule has 0 saturated heterocycles. The number of hydrogen-bond acceptors (Lipinski definition) is 4. The molecule has 0 bridgehead atoms. The molecule has 0 heterocycles. The molecule has 0 atom stereocenters. The third-order valence-electron chi connectivity index (χ3n) is 2.73. The quantitative estimate of drug-likeness (QED) is 0.724.